The van der Waals surface area contributed by atoms with Crippen LogP contribution in [0.1, 0.15) is 26.7 Å². The zero-order chi connectivity index (χ0) is 22.1. The van der Waals surface area contributed by atoms with Crippen molar-refractivity contribution >= 4 is 17.6 Å². The van der Waals surface area contributed by atoms with Crippen LogP contribution in [0.3, 0.4) is 0 Å². The van der Waals surface area contributed by atoms with Crippen molar-refractivity contribution < 1.29 is 27.5 Å². The Kier molecular flexibility index (Phi) is 9.38. The summed E-state index contributed by atoms with van der Waals surface area (Å²) in [6, 6.07) is 1.23. The molecule has 7 nitrogen and oxygen atoms in total. The Hall–Kier alpha value is -2.33. The predicted molar refractivity (Wildman–Crippen MR) is 107 cm³/mol. The molecule has 168 valence electrons. The molecule has 0 radical (unpaired) electrons. The highest BCUT2D eigenvalue weighted by atomic mass is 19.2. The van der Waals surface area contributed by atoms with Gasteiger partial charge in [0.05, 0.1) is 25.4 Å². The highest BCUT2D eigenvalue weighted by Crippen LogP contribution is 2.20. The van der Waals surface area contributed by atoms with E-state index in [0.29, 0.717) is 31.7 Å². The average Bonchev–Trinajstić information content (AvgIpc) is 2.76. The third kappa shape index (κ3) is 6.60. The van der Waals surface area contributed by atoms with Gasteiger partial charge in [-0.3, -0.25) is 9.69 Å². The van der Waals surface area contributed by atoms with E-state index in [0.717, 1.165) is 32.0 Å². The number of benzene rings is 1. The van der Waals surface area contributed by atoms with Crippen LogP contribution >= 0.6 is 0 Å². The molecule has 0 aromatic heterocycles. The second-order valence-corrected chi connectivity index (χ2v) is 7.13. The summed E-state index contributed by atoms with van der Waals surface area (Å²) in [5.41, 5.74) is -0.498. The second kappa shape index (κ2) is 11.8. The van der Waals surface area contributed by atoms with Gasteiger partial charge in [-0.1, -0.05) is 26.7 Å². The van der Waals surface area contributed by atoms with Crippen LogP contribution in [0.5, 0.6) is 0 Å². The smallest absolute Gasteiger partial charge is 0.315 e. The normalized spacial score (nSPS) is 15.7. The van der Waals surface area contributed by atoms with E-state index >= 15 is 0 Å². The highest BCUT2D eigenvalue weighted by molar-refractivity contribution is 5.94. The van der Waals surface area contributed by atoms with Gasteiger partial charge in [-0.25, -0.2) is 18.0 Å². The van der Waals surface area contributed by atoms with Gasteiger partial charge in [0.1, 0.15) is 0 Å². The Morgan fingerprint density at radius 2 is 1.73 bits per heavy atom. The average molecular weight is 430 g/mol. The van der Waals surface area contributed by atoms with Gasteiger partial charge in [0.25, 0.3) is 0 Å². The number of amides is 3. The Morgan fingerprint density at radius 1 is 1.07 bits per heavy atom. The molecular weight excluding hydrogens is 401 g/mol. The first-order chi connectivity index (χ1) is 14.4. The molecule has 0 saturated carbocycles. The topological polar surface area (TPSA) is 82.7 Å². The molecule has 3 amide bonds. The third-order valence-electron chi connectivity index (χ3n) is 5.30. The number of hydrogen-bond donors (Lipinski definition) is 3. The van der Waals surface area contributed by atoms with Gasteiger partial charge >= 0.3 is 6.03 Å². The molecule has 1 fully saturated rings. The van der Waals surface area contributed by atoms with Gasteiger partial charge in [-0.15, -0.1) is 0 Å². The maximum atomic E-state index is 13.6. The lowest BCUT2D eigenvalue weighted by atomic mass is 9.92. The largest absolute Gasteiger partial charge is 0.379 e. The van der Waals surface area contributed by atoms with E-state index in [-0.39, 0.29) is 6.04 Å². The van der Waals surface area contributed by atoms with E-state index in [1.807, 2.05) is 0 Å². The second-order valence-electron chi connectivity index (χ2n) is 7.13. The van der Waals surface area contributed by atoms with Crippen molar-refractivity contribution in [3.8, 4) is 0 Å². The molecule has 2 rings (SSSR count). The van der Waals surface area contributed by atoms with E-state index < -0.39 is 41.6 Å². The zero-order valence-electron chi connectivity index (χ0n) is 17.3. The quantitative estimate of drug-likeness (QED) is 0.526. The number of nitrogens with one attached hydrogen (secondary N) is 3. The Morgan fingerprint density at radius 3 is 2.37 bits per heavy atom. The molecule has 0 aliphatic carbocycles. The molecule has 0 spiro atoms. The van der Waals surface area contributed by atoms with Crippen LogP contribution in [0.15, 0.2) is 12.1 Å². The lowest BCUT2D eigenvalue weighted by Gasteiger charge is -2.38. The predicted octanol–water partition coefficient (Wildman–Crippen LogP) is 2.48. The standard InChI is InChI=1S/C20H29F3N4O3/c1-3-13(4-2)16(27-7-9-30-10-8-27)11-24-20(29)25-12-17(28)26-15-6-5-14(21)18(22)19(15)23/h5-6,13,16H,3-4,7-12H2,1-2H3,(H,26,28)(H2,24,25,29). The summed E-state index contributed by atoms with van der Waals surface area (Å²) in [6.45, 7) is 7.11. The van der Waals surface area contributed by atoms with Gasteiger partial charge in [-0.2, -0.15) is 0 Å². The van der Waals surface area contributed by atoms with E-state index in [9.17, 15) is 22.8 Å². The van der Waals surface area contributed by atoms with Gasteiger partial charge < -0.3 is 20.7 Å². The number of nitrogens with zero attached hydrogens (tertiary/aromatic N) is 1. The molecule has 30 heavy (non-hydrogen) atoms. The van der Waals surface area contributed by atoms with Crippen LogP contribution in [-0.2, 0) is 9.53 Å². The first kappa shape index (κ1) is 23.9. The molecule has 1 aliphatic heterocycles. The summed E-state index contributed by atoms with van der Waals surface area (Å²) < 4.78 is 45.2. The SMILES string of the molecule is CCC(CC)C(CNC(=O)NCC(=O)Nc1ccc(F)c(F)c1F)N1CCOCC1. The van der Waals surface area contributed by atoms with E-state index in [2.05, 4.69) is 34.7 Å². The number of carbonyl (C=O) groups excluding carboxylic acids is 2. The van der Waals surface area contributed by atoms with E-state index in [1.165, 1.54) is 0 Å². The molecule has 10 heteroatoms. The minimum Gasteiger partial charge on any atom is -0.379 e. The molecule has 1 unspecified atom stereocenters. The number of urea groups is 1. The number of rotatable bonds is 9. The summed E-state index contributed by atoms with van der Waals surface area (Å²) in [5.74, 6) is -4.88. The molecule has 1 saturated heterocycles. The van der Waals surface area contributed by atoms with Gasteiger partial charge in [0.15, 0.2) is 17.5 Å². The van der Waals surface area contributed by atoms with Gasteiger partial charge in [0, 0.05) is 25.7 Å². The molecule has 1 aromatic rings. The monoisotopic (exact) mass is 430 g/mol. The maximum Gasteiger partial charge on any atom is 0.315 e. The number of ether oxygens (including phenoxy) is 1. The van der Waals surface area contributed by atoms with Crippen molar-refractivity contribution in [2.24, 2.45) is 5.92 Å². The van der Waals surface area contributed by atoms with Crippen molar-refractivity contribution in [3.63, 3.8) is 0 Å². The van der Waals surface area contributed by atoms with Crippen LogP contribution in [0.2, 0.25) is 0 Å². The van der Waals surface area contributed by atoms with Crippen LogP contribution < -0.4 is 16.0 Å². The van der Waals surface area contributed by atoms with Crippen molar-refractivity contribution in [1.29, 1.82) is 0 Å². The number of carbonyl (C=O) groups is 2. The van der Waals surface area contributed by atoms with Crippen LogP contribution in [0.4, 0.5) is 23.7 Å². The molecule has 1 atom stereocenters. The lowest BCUT2D eigenvalue weighted by Crippen LogP contribution is -2.53. The van der Waals surface area contributed by atoms with Crippen molar-refractivity contribution in [3.05, 3.63) is 29.6 Å². The van der Waals surface area contributed by atoms with Crippen LogP contribution in [0.25, 0.3) is 0 Å². The molecule has 1 heterocycles. The third-order valence-corrected chi connectivity index (χ3v) is 5.30. The minimum absolute atomic E-state index is 0.153. The molecule has 1 aromatic carbocycles. The zero-order valence-corrected chi connectivity index (χ0v) is 17.3. The molecular formula is C20H29F3N4O3. The fourth-order valence-corrected chi connectivity index (χ4v) is 3.57. The number of anilines is 1. The lowest BCUT2D eigenvalue weighted by molar-refractivity contribution is -0.115. The first-order valence-corrected chi connectivity index (χ1v) is 10.1. The number of halogens is 3. The summed E-state index contributed by atoms with van der Waals surface area (Å²) in [6.07, 6.45) is 1.95. The van der Waals surface area contributed by atoms with Crippen LogP contribution in [-0.4, -0.2) is 62.3 Å². The molecule has 3 N–H and O–H groups in total. The number of morpholine rings is 1. The fourth-order valence-electron chi connectivity index (χ4n) is 3.57. The Labute approximate surface area is 174 Å². The molecule has 1 aliphatic rings. The van der Waals surface area contributed by atoms with E-state index in [1.54, 1.807) is 0 Å². The summed E-state index contributed by atoms with van der Waals surface area (Å²) >= 11 is 0. The molecule has 0 bridgehead atoms. The van der Waals surface area contributed by atoms with Crippen LogP contribution in [0, 0.1) is 23.4 Å². The number of hydrogen-bond acceptors (Lipinski definition) is 4. The highest BCUT2D eigenvalue weighted by Gasteiger charge is 2.27. The van der Waals surface area contributed by atoms with E-state index in [4.69, 9.17) is 4.74 Å². The Bertz CT molecular complexity index is 725. The van der Waals surface area contributed by atoms with Crippen molar-refractivity contribution in [2.75, 3.05) is 44.7 Å². The van der Waals surface area contributed by atoms with Crippen molar-refractivity contribution in [1.82, 2.24) is 15.5 Å². The van der Waals surface area contributed by atoms with Crippen molar-refractivity contribution in [2.45, 2.75) is 32.7 Å². The summed E-state index contributed by atoms with van der Waals surface area (Å²) in [5, 5.41) is 7.27. The summed E-state index contributed by atoms with van der Waals surface area (Å²) in [4.78, 5) is 26.3. The Balaban J connectivity index is 1.83. The van der Waals surface area contributed by atoms with Gasteiger partial charge in [0.2, 0.25) is 5.91 Å². The minimum atomic E-state index is -1.67. The first-order valence-electron chi connectivity index (χ1n) is 10.1. The summed E-state index contributed by atoms with van der Waals surface area (Å²) in [7, 11) is 0. The maximum absolute atomic E-state index is 13.6. The van der Waals surface area contributed by atoms with Gasteiger partial charge in [-0.05, 0) is 18.1 Å². The fraction of sp³-hybridized carbons (Fsp3) is 0.600.